The highest BCUT2D eigenvalue weighted by atomic mass is 16.6. The Labute approximate surface area is 199 Å². The van der Waals surface area contributed by atoms with Crippen LogP contribution in [-0.4, -0.2) is 41.6 Å². The first-order chi connectivity index (χ1) is 16.0. The van der Waals surface area contributed by atoms with Crippen LogP contribution in [0.2, 0.25) is 0 Å². The molecule has 0 spiro atoms. The number of alkyl carbamates (subject to hydrolysis) is 1. The standard InChI is InChI=1S/C25H31N3O6/c1-25(2,3)34-24(32)28-19(15-21(26)29)22(30)27-20(14-17-10-6-4-7-11-17)23(31)33-16-18-12-8-5-9-13-18/h4-13,19-20H,14-16H2,1-3H3,(H2,26,29)(H,27,30)(H,28,32)/t19-,20+/m1/s1. The number of hydrogen-bond donors (Lipinski definition) is 3. The van der Waals surface area contributed by atoms with Gasteiger partial charge in [-0.05, 0) is 31.9 Å². The summed E-state index contributed by atoms with van der Waals surface area (Å²) in [5.74, 6) is -2.22. The molecule has 0 unspecified atom stereocenters. The van der Waals surface area contributed by atoms with Gasteiger partial charge in [-0.1, -0.05) is 60.7 Å². The molecule has 0 aromatic heterocycles. The number of amides is 3. The third-order valence-corrected chi connectivity index (χ3v) is 4.52. The summed E-state index contributed by atoms with van der Waals surface area (Å²) in [6.45, 7) is 5.01. The van der Waals surface area contributed by atoms with Crippen LogP contribution >= 0.6 is 0 Å². The van der Waals surface area contributed by atoms with Crippen molar-refractivity contribution in [1.29, 1.82) is 0 Å². The van der Waals surface area contributed by atoms with Crippen molar-refractivity contribution in [1.82, 2.24) is 10.6 Å². The van der Waals surface area contributed by atoms with Gasteiger partial charge in [0.1, 0.15) is 24.3 Å². The molecule has 2 aromatic carbocycles. The molecule has 34 heavy (non-hydrogen) atoms. The minimum absolute atomic E-state index is 0.0295. The van der Waals surface area contributed by atoms with E-state index in [1.165, 1.54) is 0 Å². The van der Waals surface area contributed by atoms with Crippen LogP contribution in [-0.2, 0) is 36.9 Å². The lowest BCUT2D eigenvalue weighted by atomic mass is 10.0. The smallest absolute Gasteiger partial charge is 0.408 e. The molecule has 0 saturated heterocycles. The Hall–Kier alpha value is -3.88. The van der Waals surface area contributed by atoms with Crippen molar-refractivity contribution < 1.29 is 28.7 Å². The summed E-state index contributed by atoms with van der Waals surface area (Å²) in [5.41, 5.74) is 6.03. The molecule has 182 valence electrons. The molecule has 4 N–H and O–H groups in total. The van der Waals surface area contributed by atoms with E-state index < -0.39 is 48.0 Å². The van der Waals surface area contributed by atoms with Crippen molar-refractivity contribution in [2.75, 3.05) is 0 Å². The van der Waals surface area contributed by atoms with Gasteiger partial charge in [-0.2, -0.15) is 0 Å². The molecule has 0 heterocycles. The van der Waals surface area contributed by atoms with Crippen LogP contribution in [0.15, 0.2) is 60.7 Å². The predicted octanol–water partition coefficient (Wildman–Crippen LogP) is 2.23. The molecule has 0 saturated carbocycles. The number of benzene rings is 2. The number of rotatable bonds is 10. The first kappa shape index (κ1) is 26.4. The van der Waals surface area contributed by atoms with E-state index in [9.17, 15) is 19.2 Å². The van der Waals surface area contributed by atoms with Crippen LogP contribution in [0.1, 0.15) is 38.3 Å². The highest BCUT2D eigenvalue weighted by Gasteiger charge is 2.30. The van der Waals surface area contributed by atoms with E-state index in [2.05, 4.69) is 10.6 Å². The Morgan fingerprint density at radius 1 is 0.853 bits per heavy atom. The molecule has 3 amide bonds. The third-order valence-electron chi connectivity index (χ3n) is 4.52. The van der Waals surface area contributed by atoms with Crippen molar-refractivity contribution in [3.8, 4) is 0 Å². The Kier molecular flexibility index (Phi) is 9.61. The zero-order valence-electron chi connectivity index (χ0n) is 19.6. The fraction of sp³-hybridized carbons (Fsp3) is 0.360. The van der Waals surface area contributed by atoms with E-state index in [1.54, 1.807) is 20.8 Å². The van der Waals surface area contributed by atoms with Gasteiger partial charge >= 0.3 is 12.1 Å². The maximum Gasteiger partial charge on any atom is 0.408 e. The Morgan fingerprint density at radius 3 is 1.94 bits per heavy atom. The molecule has 9 nitrogen and oxygen atoms in total. The van der Waals surface area contributed by atoms with E-state index >= 15 is 0 Å². The number of esters is 1. The van der Waals surface area contributed by atoms with Gasteiger partial charge in [0.05, 0.1) is 6.42 Å². The van der Waals surface area contributed by atoms with E-state index in [0.717, 1.165) is 11.1 Å². The molecule has 0 radical (unpaired) electrons. The van der Waals surface area contributed by atoms with Gasteiger partial charge in [-0.3, -0.25) is 9.59 Å². The van der Waals surface area contributed by atoms with Crippen molar-refractivity contribution in [2.24, 2.45) is 5.73 Å². The van der Waals surface area contributed by atoms with Gasteiger partial charge in [0, 0.05) is 6.42 Å². The predicted molar refractivity (Wildman–Crippen MR) is 125 cm³/mol. The monoisotopic (exact) mass is 469 g/mol. The molecule has 0 aliphatic heterocycles. The summed E-state index contributed by atoms with van der Waals surface area (Å²) >= 11 is 0. The summed E-state index contributed by atoms with van der Waals surface area (Å²) < 4.78 is 10.6. The molecule has 2 rings (SSSR count). The largest absolute Gasteiger partial charge is 0.459 e. The van der Waals surface area contributed by atoms with E-state index in [0.29, 0.717) is 0 Å². The average molecular weight is 470 g/mol. The van der Waals surface area contributed by atoms with Gasteiger partial charge in [-0.15, -0.1) is 0 Å². The Balaban J connectivity index is 2.14. The van der Waals surface area contributed by atoms with Crippen molar-refractivity contribution in [3.63, 3.8) is 0 Å². The fourth-order valence-electron chi connectivity index (χ4n) is 3.00. The van der Waals surface area contributed by atoms with Crippen LogP contribution in [0.4, 0.5) is 4.79 Å². The first-order valence-corrected chi connectivity index (χ1v) is 10.9. The Morgan fingerprint density at radius 2 is 1.41 bits per heavy atom. The Bertz CT molecular complexity index is 973. The summed E-state index contributed by atoms with van der Waals surface area (Å²) in [4.78, 5) is 49.5. The summed E-state index contributed by atoms with van der Waals surface area (Å²) in [7, 11) is 0. The van der Waals surface area contributed by atoms with E-state index in [1.807, 2.05) is 60.7 Å². The number of hydrogen-bond acceptors (Lipinski definition) is 6. The zero-order valence-corrected chi connectivity index (χ0v) is 19.6. The lowest BCUT2D eigenvalue weighted by Gasteiger charge is -2.24. The van der Waals surface area contributed by atoms with E-state index in [4.69, 9.17) is 15.2 Å². The number of ether oxygens (including phenoxy) is 2. The second kappa shape index (κ2) is 12.4. The molecule has 0 fully saturated rings. The van der Waals surface area contributed by atoms with Gasteiger partial charge in [-0.25, -0.2) is 9.59 Å². The molecule has 0 aliphatic rings. The van der Waals surface area contributed by atoms with Gasteiger partial charge in [0.15, 0.2) is 0 Å². The highest BCUT2D eigenvalue weighted by molar-refractivity contribution is 5.93. The van der Waals surface area contributed by atoms with Crippen molar-refractivity contribution >= 4 is 23.9 Å². The summed E-state index contributed by atoms with van der Waals surface area (Å²) in [6, 6.07) is 15.8. The molecular weight excluding hydrogens is 438 g/mol. The average Bonchev–Trinajstić information content (AvgIpc) is 2.76. The number of nitrogens with two attached hydrogens (primary N) is 1. The highest BCUT2D eigenvalue weighted by Crippen LogP contribution is 2.10. The van der Waals surface area contributed by atoms with Crippen LogP contribution in [0.3, 0.4) is 0 Å². The third kappa shape index (κ3) is 9.72. The maximum atomic E-state index is 13.0. The minimum Gasteiger partial charge on any atom is -0.459 e. The van der Waals surface area contributed by atoms with Crippen molar-refractivity contribution in [3.05, 3.63) is 71.8 Å². The van der Waals surface area contributed by atoms with Gasteiger partial charge in [0.25, 0.3) is 0 Å². The first-order valence-electron chi connectivity index (χ1n) is 10.9. The number of carbonyl (C=O) groups excluding carboxylic acids is 4. The van der Waals surface area contributed by atoms with Gasteiger partial charge < -0.3 is 25.8 Å². The molecule has 0 aliphatic carbocycles. The van der Waals surface area contributed by atoms with Crippen LogP contribution < -0.4 is 16.4 Å². The topological polar surface area (TPSA) is 137 Å². The summed E-state index contributed by atoms with van der Waals surface area (Å²) in [6.07, 6.45) is -1.21. The number of carbonyl (C=O) groups is 4. The maximum absolute atomic E-state index is 13.0. The van der Waals surface area contributed by atoms with Crippen LogP contribution in [0, 0.1) is 0 Å². The van der Waals surface area contributed by atoms with Crippen molar-refractivity contribution in [2.45, 2.75) is 57.9 Å². The zero-order chi connectivity index (χ0) is 25.1. The fourth-order valence-corrected chi connectivity index (χ4v) is 3.00. The molecular formula is C25H31N3O6. The lowest BCUT2D eigenvalue weighted by Crippen LogP contribution is -2.54. The number of nitrogens with one attached hydrogen (secondary N) is 2. The number of primary amides is 1. The SMILES string of the molecule is CC(C)(C)OC(=O)N[C@H](CC(N)=O)C(=O)N[C@@H](Cc1ccccc1)C(=O)OCc1ccccc1. The second-order valence-electron chi connectivity index (χ2n) is 8.71. The van der Waals surface area contributed by atoms with Crippen LogP contribution in [0.5, 0.6) is 0 Å². The van der Waals surface area contributed by atoms with Crippen LogP contribution in [0.25, 0.3) is 0 Å². The normalized spacial score (nSPS) is 12.7. The quantitative estimate of drug-likeness (QED) is 0.457. The minimum atomic E-state index is -1.33. The molecule has 0 bridgehead atoms. The molecule has 2 atom stereocenters. The van der Waals surface area contributed by atoms with Gasteiger partial charge in [0.2, 0.25) is 11.8 Å². The summed E-state index contributed by atoms with van der Waals surface area (Å²) in [5, 5.41) is 4.93. The molecule has 2 aromatic rings. The van der Waals surface area contributed by atoms with E-state index in [-0.39, 0.29) is 13.0 Å². The second-order valence-corrected chi connectivity index (χ2v) is 8.71. The lowest BCUT2D eigenvalue weighted by molar-refractivity contribution is -0.149. The molecule has 9 heteroatoms.